The van der Waals surface area contributed by atoms with Crippen molar-refractivity contribution >= 4 is 17.0 Å². The maximum Gasteiger partial charge on any atom is 0.337 e. The Morgan fingerprint density at radius 2 is 2.43 bits per heavy atom. The summed E-state index contributed by atoms with van der Waals surface area (Å²) in [7, 11) is 0. The number of aromatic carboxylic acids is 1. The average molecular weight is 191 g/mol. The molecule has 0 spiro atoms. The van der Waals surface area contributed by atoms with E-state index in [2.05, 4.69) is 9.97 Å². The summed E-state index contributed by atoms with van der Waals surface area (Å²) >= 11 is 0. The van der Waals surface area contributed by atoms with Crippen molar-refractivity contribution < 1.29 is 9.90 Å². The number of nitrogens with one attached hydrogen (secondary N) is 1. The summed E-state index contributed by atoms with van der Waals surface area (Å²) in [5, 5.41) is 9.50. The van der Waals surface area contributed by atoms with Gasteiger partial charge in [-0.1, -0.05) is 0 Å². The number of aromatic nitrogens is 2. The second kappa shape index (κ2) is 3.12. The van der Waals surface area contributed by atoms with Crippen molar-refractivity contribution in [1.82, 2.24) is 9.97 Å². The van der Waals surface area contributed by atoms with Crippen molar-refractivity contribution in [3.63, 3.8) is 0 Å². The highest BCUT2D eigenvalue weighted by molar-refractivity contribution is 6.03. The van der Waals surface area contributed by atoms with Gasteiger partial charge in [-0.3, -0.25) is 0 Å². The fourth-order valence-corrected chi connectivity index (χ4v) is 1.46. The number of carboxylic acid groups (broad SMARTS) is 1. The molecule has 0 aliphatic rings. The van der Waals surface area contributed by atoms with E-state index >= 15 is 0 Å². The SMILES string of the molecule is NCc1ccnc2[nH]cc(C(=O)O)c12. The molecule has 0 aliphatic heterocycles. The molecule has 4 N–H and O–H groups in total. The minimum atomic E-state index is -0.973. The lowest BCUT2D eigenvalue weighted by Crippen LogP contribution is -2.01. The Kier molecular flexibility index (Phi) is 1.94. The van der Waals surface area contributed by atoms with Crippen LogP contribution in [0.3, 0.4) is 0 Å². The number of aromatic amines is 1. The van der Waals surface area contributed by atoms with E-state index in [0.29, 0.717) is 17.6 Å². The van der Waals surface area contributed by atoms with E-state index in [0.717, 1.165) is 5.56 Å². The summed E-state index contributed by atoms with van der Waals surface area (Å²) in [5.74, 6) is -0.973. The van der Waals surface area contributed by atoms with Gasteiger partial charge in [-0.2, -0.15) is 0 Å². The minimum Gasteiger partial charge on any atom is -0.478 e. The van der Waals surface area contributed by atoms with Gasteiger partial charge in [0.15, 0.2) is 0 Å². The molecule has 5 heteroatoms. The normalized spacial score (nSPS) is 10.6. The lowest BCUT2D eigenvalue weighted by molar-refractivity contribution is 0.0699. The third kappa shape index (κ3) is 1.14. The fourth-order valence-electron chi connectivity index (χ4n) is 1.46. The number of carboxylic acids is 1. The first-order valence-corrected chi connectivity index (χ1v) is 4.12. The standard InChI is InChI=1S/C9H9N3O2/c10-3-5-1-2-11-8-7(5)6(4-12-8)9(13)14/h1-2,4H,3,10H2,(H,11,12)(H,13,14). The van der Waals surface area contributed by atoms with Gasteiger partial charge in [-0.25, -0.2) is 9.78 Å². The van der Waals surface area contributed by atoms with Gasteiger partial charge in [0.25, 0.3) is 0 Å². The molecule has 0 saturated heterocycles. The zero-order valence-electron chi connectivity index (χ0n) is 7.32. The van der Waals surface area contributed by atoms with E-state index in [-0.39, 0.29) is 5.56 Å². The monoisotopic (exact) mass is 191 g/mol. The molecule has 0 fully saturated rings. The molecule has 2 aromatic heterocycles. The number of hydrogen-bond donors (Lipinski definition) is 3. The molecule has 2 heterocycles. The van der Waals surface area contributed by atoms with Gasteiger partial charge in [0, 0.05) is 24.3 Å². The zero-order valence-corrected chi connectivity index (χ0v) is 7.32. The molecule has 0 radical (unpaired) electrons. The Balaban J connectivity index is 2.81. The van der Waals surface area contributed by atoms with E-state index in [1.807, 2.05) is 0 Å². The number of pyridine rings is 1. The number of nitrogens with two attached hydrogens (primary N) is 1. The van der Waals surface area contributed by atoms with Gasteiger partial charge >= 0.3 is 5.97 Å². The summed E-state index contributed by atoms with van der Waals surface area (Å²) in [4.78, 5) is 17.7. The maximum atomic E-state index is 10.9. The van der Waals surface area contributed by atoms with Crippen molar-refractivity contribution in [2.45, 2.75) is 6.54 Å². The van der Waals surface area contributed by atoms with Gasteiger partial charge in [0.05, 0.1) is 5.56 Å². The first-order valence-electron chi connectivity index (χ1n) is 4.12. The van der Waals surface area contributed by atoms with Gasteiger partial charge in [0.2, 0.25) is 0 Å². The second-order valence-electron chi connectivity index (χ2n) is 2.91. The molecule has 5 nitrogen and oxygen atoms in total. The molecule has 0 aliphatic carbocycles. The number of H-pyrrole nitrogens is 1. The molecule has 0 unspecified atom stereocenters. The molecule has 2 rings (SSSR count). The topological polar surface area (TPSA) is 92.0 Å². The van der Waals surface area contributed by atoms with Gasteiger partial charge < -0.3 is 15.8 Å². The van der Waals surface area contributed by atoms with E-state index in [4.69, 9.17) is 10.8 Å². The second-order valence-corrected chi connectivity index (χ2v) is 2.91. The Morgan fingerprint density at radius 1 is 1.64 bits per heavy atom. The molecular weight excluding hydrogens is 182 g/mol. The smallest absolute Gasteiger partial charge is 0.337 e. The van der Waals surface area contributed by atoms with E-state index in [1.165, 1.54) is 6.20 Å². The van der Waals surface area contributed by atoms with Crippen LogP contribution >= 0.6 is 0 Å². The zero-order chi connectivity index (χ0) is 10.1. The van der Waals surface area contributed by atoms with Crippen LogP contribution in [0.15, 0.2) is 18.5 Å². The van der Waals surface area contributed by atoms with E-state index in [9.17, 15) is 4.79 Å². The quantitative estimate of drug-likeness (QED) is 0.652. The summed E-state index contributed by atoms with van der Waals surface area (Å²) in [6.45, 7) is 0.303. The van der Waals surface area contributed by atoms with E-state index in [1.54, 1.807) is 12.3 Å². The molecule has 0 bridgehead atoms. The van der Waals surface area contributed by atoms with Crippen molar-refractivity contribution in [1.29, 1.82) is 0 Å². The van der Waals surface area contributed by atoms with Crippen LogP contribution in [0.2, 0.25) is 0 Å². The minimum absolute atomic E-state index is 0.216. The summed E-state index contributed by atoms with van der Waals surface area (Å²) < 4.78 is 0. The Morgan fingerprint density at radius 3 is 3.07 bits per heavy atom. The van der Waals surface area contributed by atoms with Gasteiger partial charge in [0.1, 0.15) is 5.65 Å². The Bertz CT molecular complexity index is 490. The van der Waals surface area contributed by atoms with Crippen LogP contribution in [0.5, 0.6) is 0 Å². The highest BCUT2D eigenvalue weighted by Gasteiger charge is 2.13. The van der Waals surface area contributed by atoms with Crippen LogP contribution in [0.4, 0.5) is 0 Å². The average Bonchev–Trinajstić information content (AvgIpc) is 2.60. The number of carbonyl (C=O) groups is 1. The maximum absolute atomic E-state index is 10.9. The lowest BCUT2D eigenvalue weighted by atomic mass is 10.1. The fraction of sp³-hybridized carbons (Fsp3) is 0.111. The van der Waals surface area contributed by atoms with Crippen molar-refractivity contribution in [2.75, 3.05) is 0 Å². The molecule has 0 atom stereocenters. The Hall–Kier alpha value is -1.88. The molecule has 0 aromatic carbocycles. The van der Waals surface area contributed by atoms with Crippen LogP contribution in [-0.2, 0) is 6.54 Å². The predicted molar refractivity (Wildman–Crippen MR) is 50.9 cm³/mol. The number of hydrogen-bond acceptors (Lipinski definition) is 3. The van der Waals surface area contributed by atoms with Crippen LogP contribution in [0.1, 0.15) is 15.9 Å². The third-order valence-electron chi connectivity index (χ3n) is 2.11. The molecule has 72 valence electrons. The van der Waals surface area contributed by atoms with Gasteiger partial charge in [-0.15, -0.1) is 0 Å². The Labute approximate surface area is 79.6 Å². The van der Waals surface area contributed by atoms with Crippen molar-refractivity contribution in [2.24, 2.45) is 5.73 Å². The highest BCUT2D eigenvalue weighted by atomic mass is 16.4. The molecule has 0 amide bonds. The van der Waals surface area contributed by atoms with Crippen LogP contribution in [0.25, 0.3) is 11.0 Å². The first-order chi connectivity index (χ1) is 6.74. The van der Waals surface area contributed by atoms with E-state index < -0.39 is 5.97 Å². The number of rotatable bonds is 2. The first kappa shape index (κ1) is 8.71. The summed E-state index contributed by atoms with van der Waals surface area (Å²) in [6, 6.07) is 1.72. The number of fused-ring (bicyclic) bond motifs is 1. The van der Waals surface area contributed by atoms with Crippen LogP contribution < -0.4 is 5.73 Å². The van der Waals surface area contributed by atoms with Crippen LogP contribution in [-0.4, -0.2) is 21.0 Å². The molecule has 14 heavy (non-hydrogen) atoms. The largest absolute Gasteiger partial charge is 0.478 e. The summed E-state index contributed by atoms with van der Waals surface area (Å²) in [6.07, 6.45) is 3.03. The number of nitrogens with zero attached hydrogens (tertiary/aromatic N) is 1. The summed E-state index contributed by atoms with van der Waals surface area (Å²) in [5.41, 5.74) is 7.07. The van der Waals surface area contributed by atoms with Crippen molar-refractivity contribution in [3.05, 3.63) is 29.6 Å². The van der Waals surface area contributed by atoms with Gasteiger partial charge in [-0.05, 0) is 11.6 Å². The molecule has 0 saturated carbocycles. The lowest BCUT2D eigenvalue weighted by Gasteiger charge is -1.99. The molecular formula is C9H9N3O2. The predicted octanol–water partition coefficient (Wildman–Crippen LogP) is 0.720. The highest BCUT2D eigenvalue weighted by Crippen LogP contribution is 2.20. The van der Waals surface area contributed by atoms with Crippen molar-refractivity contribution in [3.8, 4) is 0 Å². The molecule has 2 aromatic rings. The van der Waals surface area contributed by atoms with Crippen LogP contribution in [0, 0.1) is 0 Å². The third-order valence-corrected chi connectivity index (χ3v) is 2.11.